The first-order valence-corrected chi connectivity index (χ1v) is 9.71. The Morgan fingerprint density at radius 1 is 1.23 bits per heavy atom. The lowest BCUT2D eigenvalue weighted by Crippen LogP contribution is -2.56. The first-order chi connectivity index (χ1) is 12.6. The van der Waals surface area contributed by atoms with E-state index in [9.17, 15) is 14.7 Å². The van der Waals surface area contributed by atoms with Crippen molar-refractivity contribution in [3.8, 4) is 0 Å². The van der Waals surface area contributed by atoms with Gasteiger partial charge in [-0.3, -0.25) is 14.3 Å². The van der Waals surface area contributed by atoms with Crippen LogP contribution in [0.25, 0.3) is 0 Å². The van der Waals surface area contributed by atoms with Gasteiger partial charge in [0.1, 0.15) is 0 Å². The van der Waals surface area contributed by atoms with Gasteiger partial charge >= 0.3 is 0 Å². The molecule has 142 valence electrons. The number of aliphatic hydroxyl groups excluding tert-OH is 1. The number of rotatable bonds is 5. The fourth-order valence-corrected chi connectivity index (χ4v) is 4.77. The van der Waals surface area contributed by atoms with Gasteiger partial charge in [0, 0.05) is 50.4 Å². The summed E-state index contributed by atoms with van der Waals surface area (Å²) in [5.41, 5.74) is -0.279. The molecule has 2 aliphatic heterocycles. The molecule has 3 heterocycles. The molecule has 3 aliphatic rings. The number of nitrogens with zero attached hydrogens (tertiary/aromatic N) is 4. The summed E-state index contributed by atoms with van der Waals surface area (Å²) in [6.07, 6.45) is 8.97. The molecular formula is C19H28N4O3. The normalized spacial score (nSPS) is 27.8. The first kappa shape index (κ1) is 17.5. The predicted octanol–water partition coefficient (Wildman–Crippen LogP) is 0.887. The molecule has 2 saturated heterocycles. The minimum atomic E-state index is -0.278. The van der Waals surface area contributed by atoms with Gasteiger partial charge in [-0.25, -0.2) is 0 Å². The Morgan fingerprint density at radius 2 is 2.08 bits per heavy atom. The fraction of sp³-hybridized carbons (Fsp3) is 0.737. The molecule has 26 heavy (non-hydrogen) atoms. The highest BCUT2D eigenvalue weighted by Crippen LogP contribution is 2.50. The molecule has 1 aromatic heterocycles. The molecule has 1 saturated carbocycles. The molecule has 1 atom stereocenters. The highest BCUT2D eigenvalue weighted by atomic mass is 16.3. The number of hydrogen-bond acceptors (Lipinski definition) is 4. The number of carbonyl (C=O) groups excluding carboxylic acids is 2. The molecule has 0 aromatic carbocycles. The number of carbonyl (C=O) groups is 2. The molecule has 1 aromatic rings. The van der Waals surface area contributed by atoms with Gasteiger partial charge in [0.2, 0.25) is 11.8 Å². The van der Waals surface area contributed by atoms with Crippen molar-refractivity contribution in [3.63, 3.8) is 0 Å². The second-order valence-corrected chi connectivity index (χ2v) is 8.35. The van der Waals surface area contributed by atoms with Crippen LogP contribution in [0.1, 0.15) is 38.5 Å². The molecule has 1 aliphatic carbocycles. The number of aromatic nitrogens is 2. The van der Waals surface area contributed by atoms with Gasteiger partial charge < -0.3 is 14.9 Å². The maximum Gasteiger partial charge on any atom is 0.230 e. The summed E-state index contributed by atoms with van der Waals surface area (Å²) in [6, 6.07) is 1.89. The number of aliphatic hydroxyl groups is 1. The lowest BCUT2D eigenvalue weighted by molar-refractivity contribution is -0.146. The van der Waals surface area contributed by atoms with Crippen molar-refractivity contribution >= 4 is 11.8 Å². The van der Waals surface area contributed by atoms with Crippen LogP contribution in [0.15, 0.2) is 18.5 Å². The Labute approximate surface area is 153 Å². The average Bonchev–Trinajstić information content (AvgIpc) is 3.24. The van der Waals surface area contributed by atoms with Crippen LogP contribution < -0.4 is 0 Å². The van der Waals surface area contributed by atoms with Crippen LogP contribution >= 0.6 is 0 Å². The third-order valence-electron chi connectivity index (χ3n) is 6.40. The maximum atomic E-state index is 13.3. The molecular weight excluding hydrogens is 332 g/mol. The number of likely N-dealkylation sites (tertiary alicyclic amines) is 2. The van der Waals surface area contributed by atoms with Crippen molar-refractivity contribution in [3.05, 3.63) is 18.5 Å². The minimum Gasteiger partial charge on any atom is -0.395 e. The molecule has 1 N–H and O–H groups in total. The smallest absolute Gasteiger partial charge is 0.230 e. The van der Waals surface area contributed by atoms with Crippen LogP contribution in [0.2, 0.25) is 0 Å². The van der Waals surface area contributed by atoms with Crippen LogP contribution in [0.4, 0.5) is 0 Å². The van der Waals surface area contributed by atoms with Gasteiger partial charge in [0.05, 0.1) is 18.6 Å². The van der Waals surface area contributed by atoms with Crippen LogP contribution in [-0.4, -0.2) is 69.3 Å². The zero-order valence-electron chi connectivity index (χ0n) is 15.3. The zero-order chi connectivity index (χ0) is 18.2. The Hall–Kier alpha value is -1.89. The second kappa shape index (κ2) is 6.68. The second-order valence-electron chi connectivity index (χ2n) is 8.35. The van der Waals surface area contributed by atoms with E-state index in [4.69, 9.17) is 0 Å². The van der Waals surface area contributed by atoms with Gasteiger partial charge in [-0.1, -0.05) is 0 Å². The van der Waals surface area contributed by atoms with E-state index in [0.717, 1.165) is 45.2 Å². The van der Waals surface area contributed by atoms with E-state index in [2.05, 4.69) is 5.10 Å². The van der Waals surface area contributed by atoms with Gasteiger partial charge in [-0.2, -0.15) is 5.10 Å². The Balaban J connectivity index is 1.45. The molecule has 1 spiro atoms. The number of amides is 2. The number of piperidine rings is 2. The van der Waals surface area contributed by atoms with Gasteiger partial charge in [0.15, 0.2) is 0 Å². The lowest BCUT2D eigenvalue weighted by atomic mass is 9.73. The monoisotopic (exact) mass is 360 g/mol. The van der Waals surface area contributed by atoms with E-state index in [1.165, 1.54) is 0 Å². The maximum absolute atomic E-state index is 13.3. The highest BCUT2D eigenvalue weighted by Gasteiger charge is 2.54. The van der Waals surface area contributed by atoms with Gasteiger partial charge in [-0.05, 0) is 38.2 Å². The third-order valence-corrected chi connectivity index (χ3v) is 6.40. The van der Waals surface area contributed by atoms with Crippen molar-refractivity contribution < 1.29 is 14.7 Å². The highest BCUT2D eigenvalue weighted by molar-refractivity contribution is 5.85. The number of β-amino-alcohol motifs (C(OH)–C–C–N with tert-alkyl or cyclic N) is 1. The minimum absolute atomic E-state index is 0.00122. The molecule has 1 unspecified atom stereocenters. The molecule has 2 amide bonds. The Kier molecular flexibility index (Phi) is 4.50. The topological polar surface area (TPSA) is 78.7 Å². The van der Waals surface area contributed by atoms with Crippen LogP contribution in [0.3, 0.4) is 0 Å². The SMILES string of the molecule is O=C1CCC2(CCCN(C(=O)C3(Cn4cccn4)CC3)C2)CN1CCO. The quantitative estimate of drug-likeness (QED) is 0.846. The summed E-state index contributed by atoms with van der Waals surface area (Å²) in [4.78, 5) is 29.2. The van der Waals surface area contributed by atoms with Gasteiger partial charge in [-0.15, -0.1) is 0 Å². The zero-order valence-corrected chi connectivity index (χ0v) is 15.3. The summed E-state index contributed by atoms with van der Waals surface area (Å²) in [6.45, 7) is 3.28. The van der Waals surface area contributed by atoms with Gasteiger partial charge in [0.25, 0.3) is 0 Å². The van der Waals surface area contributed by atoms with Crippen LogP contribution in [0, 0.1) is 10.8 Å². The van der Waals surface area contributed by atoms with Crippen molar-refractivity contribution in [2.45, 2.75) is 45.1 Å². The van der Waals surface area contributed by atoms with Crippen molar-refractivity contribution in [2.24, 2.45) is 10.8 Å². The summed E-state index contributed by atoms with van der Waals surface area (Å²) < 4.78 is 1.87. The predicted molar refractivity (Wildman–Crippen MR) is 95.0 cm³/mol. The van der Waals surface area contributed by atoms with E-state index >= 15 is 0 Å². The fourth-order valence-electron chi connectivity index (χ4n) is 4.77. The summed E-state index contributed by atoms with van der Waals surface area (Å²) in [5.74, 6) is 0.392. The van der Waals surface area contributed by atoms with E-state index < -0.39 is 0 Å². The lowest BCUT2D eigenvalue weighted by Gasteiger charge is -2.48. The molecule has 3 fully saturated rings. The van der Waals surface area contributed by atoms with Crippen molar-refractivity contribution in [2.75, 3.05) is 32.8 Å². The molecule has 0 bridgehead atoms. The summed E-state index contributed by atoms with van der Waals surface area (Å²) in [5, 5.41) is 13.5. The third kappa shape index (κ3) is 3.24. The Bertz CT molecular complexity index is 670. The van der Waals surface area contributed by atoms with E-state index in [-0.39, 0.29) is 29.3 Å². The summed E-state index contributed by atoms with van der Waals surface area (Å²) in [7, 11) is 0. The van der Waals surface area contributed by atoms with E-state index in [0.29, 0.717) is 26.1 Å². The summed E-state index contributed by atoms with van der Waals surface area (Å²) >= 11 is 0. The Morgan fingerprint density at radius 3 is 2.77 bits per heavy atom. The number of hydrogen-bond donors (Lipinski definition) is 1. The molecule has 0 radical (unpaired) electrons. The average molecular weight is 360 g/mol. The van der Waals surface area contributed by atoms with Crippen molar-refractivity contribution in [1.82, 2.24) is 19.6 Å². The molecule has 7 heteroatoms. The van der Waals surface area contributed by atoms with E-state index in [1.807, 2.05) is 21.8 Å². The van der Waals surface area contributed by atoms with Crippen molar-refractivity contribution in [1.29, 1.82) is 0 Å². The van der Waals surface area contributed by atoms with Crippen LogP contribution in [0.5, 0.6) is 0 Å². The first-order valence-electron chi connectivity index (χ1n) is 9.71. The standard InChI is InChI=1S/C19H28N4O3/c24-12-11-21-13-18(5-3-16(21)25)4-1-9-22(14-18)17(26)19(6-7-19)15-23-10-2-8-20-23/h2,8,10,24H,1,3-7,9,11-15H2. The largest absolute Gasteiger partial charge is 0.395 e. The molecule has 4 rings (SSSR count). The molecule has 7 nitrogen and oxygen atoms in total. The van der Waals surface area contributed by atoms with E-state index in [1.54, 1.807) is 11.1 Å². The van der Waals surface area contributed by atoms with Crippen LogP contribution in [-0.2, 0) is 16.1 Å².